The van der Waals surface area contributed by atoms with Crippen LogP contribution in [0.4, 0.5) is 8.78 Å². The molecule has 0 spiro atoms. The second-order valence-electron chi connectivity index (χ2n) is 7.15. The van der Waals surface area contributed by atoms with Gasteiger partial charge in [0.25, 0.3) is 5.91 Å². The molecule has 1 amide bonds. The molecular weight excluding hydrogens is 414 g/mol. The minimum absolute atomic E-state index is 0.0534. The highest BCUT2D eigenvalue weighted by Gasteiger charge is 2.20. The van der Waals surface area contributed by atoms with Crippen LogP contribution in [0.2, 0.25) is 0 Å². The van der Waals surface area contributed by atoms with Crippen molar-refractivity contribution in [3.8, 4) is 17.1 Å². The molecule has 0 bridgehead atoms. The molecular formula is C24H20F2N4O2. The average Bonchev–Trinajstić information content (AvgIpc) is 3.18. The lowest BCUT2D eigenvalue weighted by molar-refractivity contribution is 0.0951. The topological polar surface area (TPSA) is 69.0 Å². The molecule has 2 aromatic heterocycles. The van der Waals surface area contributed by atoms with E-state index in [4.69, 9.17) is 4.74 Å². The number of pyridine rings is 1. The van der Waals surface area contributed by atoms with Crippen LogP contribution < -0.4 is 10.1 Å². The van der Waals surface area contributed by atoms with E-state index < -0.39 is 17.5 Å². The van der Waals surface area contributed by atoms with Crippen LogP contribution in [0.5, 0.6) is 5.88 Å². The number of hydrogen-bond acceptors (Lipinski definition) is 4. The monoisotopic (exact) mass is 434 g/mol. The SMILES string of the molecule is Cn1cc(C(=O)NCc2ccnc(OCc3ccccc3)c2)c(-c2ccc(F)cc2F)n1. The highest BCUT2D eigenvalue weighted by Crippen LogP contribution is 2.25. The van der Waals surface area contributed by atoms with Crippen molar-refractivity contribution in [3.05, 3.63) is 101 Å². The van der Waals surface area contributed by atoms with Crippen LogP contribution in [0, 0.1) is 11.6 Å². The van der Waals surface area contributed by atoms with E-state index in [0.717, 1.165) is 23.3 Å². The number of nitrogens with zero attached hydrogens (tertiary/aromatic N) is 3. The Morgan fingerprint density at radius 1 is 1.06 bits per heavy atom. The molecule has 1 N–H and O–H groups in total. The molecule has 4 rings (SSSR count). The molecule has 0 saturated heterocycles. The fourth-order valence-electron chi connectivity index (χ4n) is 3.18. The average molecular weight is 434 g/mol. The van der Waals surface area contributed by atoms with Crippen LogP contribution in [0.15, 0.2) is 73.1 Å². The van der Waals surface area contributed by atoms with E-state index in [1.54, 1.807) is 25.4 Å². The van der Waals surface area contributed by atoms with Crippen molar-refractivity contribution in [2.45, 2.75) is 13.2 Å². The molecule has 6 nitrogen and oxygen atoms in total. The summed E-state index contributed by atoms with van der Waals surface area (Å²) >= 11 is 0. The minimum atomic E-state index is -0.785. The Morgan fingerprint density at radius 3 is 2.66 bits per heavy atom. The second-order valence-corrected chi connectivity index (χ2v) is 7.15. The van der Waals surface area contributed by atoms with Crippen LogP contribution in [0.3, 0.4) is 0 Å². The van der Waals surface area contributed by atoms with Crippen LogP contribution in [0.1, 0.15) is 21.5 Å². The first-order chi connectivity index (χ1) is 15.5. The first kappa shape index (κ1) is 21.2. The largest absolute Gasteiger partial charge is 0.473 e. The highest BCUT2D eigenvalue weighted by molar-refractivity contribution is 5.99. The van der Waals surface area contributed by atoms with Gasteiger partial charge in [0.15, 0.2) is 0 Å². The number of halogens is 2. The van der Waals surface area contributed by atoms with Gasteiger partial charge in [0.1, 0.15) is 23.9 Å². The fraction of sp³-hybridized carbons (Fsp3) is 0.125. The summed E-state index contributed by atoms with van der Waals surface area (Å²) in [4.78, 5) is 17.0. The zero-order valence-corrected chi connectivity index (χ0v) is 17.3. The predicted molar refractivity (Wildman–Crippen MR) is 115 cm³/mol. The Labute approximate surface area is 183 Å². The lowest BCUT2D eigenvalue weighted by atomic mass is 10.1. The molecule has 0 saturated carbocycles. The first-order valence-corrected chi connectivity index (χ1v) is 9.88. The van der Waals surface area contributed by atoms with Crippen LogP contribution in [-0.2, 0) is 20.2 Å². The van der Waals surface area contributed by atoms with Crippen molar-refractivity contribution >= 4 is 5.91 Å². The molecule has 0 radical (unpaired) electrons. The van der Waals surface area contributed by atoms with E-state index in [0.29, 0.717) is 12.5 Å². The molecule has 4 aromatic rings. The van der Waals surface area contributed by atoms with Crippen LogP contribution in [-0.4, -0.2) is 20.7 Å². The smallest absolute Gasteiger partial charge is 0.255 e. The maximum Gasteiger partial charge on any atom is 0.255 e. The van der Waals surface area contributed by atoms with E-state index in [1.165, 1.54) is 16.9 Å². The zero-order chi connectivity index (χ0) is 22.5. The number of aromatic nitrogens is 3. The van der Waals surface area contributed by atoms with Gasteiger partial charge in [-0.3, -0.25) is 9.48 Å². The summed E-state index contributed by atoms with van der Waals surface area (Å²) in [5, 5.41) is 6.98. The van der Waals surface area contributed by atoms with Gasteiger partial charge in [-0.15, -0.1) is 0 Å². The van der Waals surface area contributed by atoms with Gasteiger partial charge in [-0.05, 0) is 29.3 Å². The van der Waals surface area contributed by atoms with Crippen molar-refractivity contribution in [1.29, 1.82) is 0 Å². The van der Waals surface area contributed by atoms with E-state index in [9.17, 15) is 13.6 Å². The number of benzene rings is 2. The van der Waals surface area contributed by atoms with E-state index in [-0.39, 0.29) is 23.4 Å². The van der Waals surface area contributed by atoms with Gasteiger partial charge in [0.2, 0.25) is 5.88 Å². The molecule has 0 aliphatic heterocycles. The quantitative estimate of drug-likeness (QED) is 0.472. The van der Waals surface area contributed by atoms with Gasteiger partial charge in [-0.25, -0.2) is 13.8 Å². The molecule has 0 fully saturated rings. The second kappa shape index (κ2) is 9.38. The number of rotatable bonds is 7. The van der Waals surface area contributed by atoms with Gasteiger partial charge in [-0.1, -0.05) is 30.3 Å². The fourth-order valence-corrected chi connectivity index (χ4v) is 3.18. The molecule has 0 aliphatic rings. The maximum atomic E-state index is 14.2. The van der Waals surface area contributed by atoms with Crippen molar-refractivity contribution < 1.29 is 18.3 Å². The summed E-state index contributed by atoms with van der Waals surface area (Å²) in [6.45, 7) is 0.592. The van der Waals surface area contributed by atoms with Gasteiger partial charge in [0, 0.05) is 43.7 Å². The number of aryl methyl sites for hydroxylation is 1. The Balaban J connectivity index is 1.44. The van der Waals surface area contributed by atoms with Crippen molar-refractivity contribution in [3.63, 3.8) is 0 Å². The third-order valence-corrected chi connectivity index (χ3v) is 4.74. The summed E-state index contributed by atoms with van der Waals surface area (Å²) in [6.07, 6.45) is 3.10. The Bertz CT molecular complexity index is 1240. The van der Waals surface area contributed by atoms with Crippen molar-refractivity contribution in [1.82, 2.24) is 20.1 Å². The highest BCUT2D eigenvalue weighted by atomic mass is 19.1. The van der Waals surface area contributed by atoms with E-state index in [1.807, 2.05) is 30.3 Å². The van der Waals surface area contributed by atoms with Gasteiger partial charge in [0.05, 0.1) is 5.56 Å². The zero-order valence-electron chi connectivity index (χ0n) is 17.3. The normalized spacial score (nSPS) is 10.7. The first-order valence-electron chi connectivity index (χ1n) is 9.88. The molecule has 0 unspecified atom stereocenters. The third kappa shape index (κ3) is 4.97. The summed E-state index contributed by atoms with van der Waals surface area (Å²) in [7, 11) is 1.63. The molecule has 0 aliphatic carbocycles. The Kier molecular flexibility index (Phi) is 6.21. The maximum absolute atomic E-state index is 14.2. The third-order valence-electron chi connectivity index (χ3n) is 4.74. The lowest BCUT2D eigenvalue weighted by Gasteiger charge is -2.09. The van der Waals surface area contributed by atoms with Crippen molar-refractivity contribution in [2.75, 3.05) is 0 Å². The summed E-state index contributed by atoms with van der Waals surface area (Å²) < 4.78 is 34.6. The van der Waals surface area contributed by atoms with E-state index in [2.05, 4.69) is 15.4 Å². The molecule has 2 heterocycles. The van der Waals surface area contributed by atoms with E-state index >= 15 is 0 Å². The van der Waals surface area contributed by atoms with Gasteiger partial charge >= 0.3 is 0 Å². The molecule has 32 heavy (non-hydrogen) atoms. The van der Waals surface area contributed by atoms with Gasteiger partial charge in [-0.2, -0.15) is 5.10 Å². The summed E-state index contributed by atoms with van der Waals surface area (Å²) in [5.41, 5.74) is 2.19. The molecule has 0 atom stereocenters. The molecule has 2 aromatic carbocycles. The molecule has 8 heteroatoms. The Hall–Kier alpha value is -4.07. The Morgan fingerprint density at radius 2 is 1.88 bits per heavy atom. The number of carbonyl (C=O) groups excluding carboxylic acids is 1. The number of nitrogens with one attached hydrogen (secondary N) is 1. The number of carbonyl (C=O) groups is 1. The summed E-state index contributed by atoms with van der Waals surface area (Å²) in [6, 6.07) is 16.4. The minimum Gasteiger partial charge on any atom is -0.473 e. The summed E-state index contributed by atoms with van der Waals surface area (Å²) in [5.74, 6) is -1.47. The molecule has 162 valence electrons. The van der Waals surface area contributed by atoms with Crippen molar-refractivity contribution in [2.24, 2.45) is 7.05 Å². The number of amides is 1. The van der Waals surface area contributed by atoms with Crippen LogP contribution in [0.25, 0.3) is 11.3 Å². The number of ether oxygens (including phenoxy) is 1. The van der Waals surface area contributed by atoms with Gasteiger partial charge < -0.3 is 10.1 Å². The lowest BCUT2D eigenvalue weighted by Crippen LogP contribution is -2.23. The number of hydrogen-bond donors (Lipinski definition) is 1. The standard InChI is InChI=1S/C24H20F2N4O2/c1-30-14-20(23(29-30)19-8-7-18(25)12-21(19)26)24(31)28-13-17-9-10-27-22(11-17)32-15-16-5-3-2-4-6-16/h2-12,14H,13,15H2,1H3,(H,28,31). The van der Waals surface area contributed by atoms with Crippen LogP contribution >= 0.6 is 0 Å². The predicted octanol–water partition coefficient (Wildman–Crippen LogP) is 4.27.